The predicted molar refractivity (Wildman–Crippen MR) is 108 cm³/mol. The molecule has 0 aliphatic carbocycles. The van der Waals surface area contributed by atoms with Gasteiger partial charge >= 0.3 is 23.9 Å². The van der Waals surface area contributed by atoms with E-state index in [1.165, 1.54) is 9.80 Å². The van der Waals surface area contributed by atoms with Crippen LogP contribution in [0.25, 0.3) is 0 Å². The van der Waals surface area contributed by atoms with Crippen LogP contribution in [0.3, 0.4) is 0 Å². The highest BCUT2D eigenvalue weighted by Crippen LogP contribution is 2.01. The monoisotopic (exact) mass is 448 g/mol. The lowest BCUT2D eigenvalue weighted by molar-refractivity contribution is -0.143. The molecular formula is C18H32N4O9. The Balaban J connectivity index is 5.21. The highest BCUT2D eigenvalue weighted by molar-refractivity contribution is 5.78. The van der Waals surface area contributed by atoms with Crippen molar-refractivity contribution >= 4 is 29.8 Å². The number of hydrogen-bond acceptors (Lipinski definition) is 8. The van der Waals surface area contributed by atoms with Gasteiger partial charge in [-0.2, -0.15) is 0 Å². The van der Waals surface area contributed by atoms with Crippen LogP contribution in [0.2, 0.25) is 0 Å². The smallest absolute Gasteiger partial charge is 0.317 e. The maximum atomic E-state index is 12.3. The van der Waals surface area contributed by atoms with Crippen molar-refractivity contribution in [3.63, 3.8) is 0 Å². The van der Waals surface area contributed by atoms with E-state index in [2.05, 4.69) is 5.32 Å². The Morgan fingerprint density at radius 1 is 0.581 bits per heavy atom. The molecule has 0 aliphatic rings. The molecule has 0 radical (unpaired) electrons. The molecule has 0 fully saturated rings. The molecule has 0 bridgehead atoms. The predicted octanol–water partition coefficient (Wildman–Crippen LogP) is -1.85. The Kier molecular flexibility index (Phi) is 12.3. The van der Waals surface area contributed by atoms with E-state index in [-0.39, 0.29) is 38.6 Å². The lowest BCUT2D eigenvalue weighted by Gasteiger charge is -2.29. The van der Waals surface area contributed by atoms with Crippen molar-refractivity contribution in [1.29, 1.82) is 0 Å². The van der Waals surface area contributed by atoms with Crippen LogP contribution in [0.1, 0.15) is 20.8 Å². The van der Waals surface area contributed by atoms with Crippen molar-refractivity contribution in [1.82, 2.24) is 20.0 Å². The van der Waals surface area contributed by atoms with E-state index in [1.807, 2.05) is 0 Å². The maximum absolute atomic E-state index is 12.3. The number of carboxylic acids is 4. The molecule has 13 heteroatoms. The molecule has 0 aromatic rings. The Morgan fingerprint density at radius 2 is 0.871 bits per heavy atom. The van der Waals surface area contributed by atoms with Crippen molar-refractivity contribution in [2.75, 3.05) is 58.9 Å². The average Bonchev–Trinajstić information content (AvgIpc) is 2.52. The number of carbonyl (C=O) groups is 5. The molecule has 5 N–H and O–H groups in total. The van der Waals surface area contributed by atoms with Crippen LogP contribution in [0.4, 0.5) is 0 Å². The third kappa shape index (κ3) is 16.7. The van der Waals surface area contributed by atoms with Crippen LogP contribution < -0.4 is 5.32 Å². The molecule has 0 spiro atoms. The second kappa shape index (κ2) is 13.5. The quantitative estimate of drug-likeness (QED) is 0.177. The third-order valence-electron chi connectivity index (χ3n) is 3.78. The summed E-state index contributed by atoms with van der Waals surface area (Å²) in [6, 6.07) is 0. The lowest BCUT2D eigenvalue weighted by Crippen LogP contribution is -2.49. The fourth-order valence-corrected chi connectivity index (χ4v) is 2.69. The van der Waals surface area contributed by atoms with E-state index in [4.69, 9.17) is 20.4 Å². The molecule has 0 saturated heterocycles. The normalized spacial score (nSPS) is 11.7. The molecular weight excluding hydrogens is 416 g/mol. The van der Waals surface area contributed by atoms with Crippen LogP contribution in [-0.2, 0) is 24.0 Å². The summed E-state index contributed by atoms with van der Waals surface area (Å²) in [4.78, 5) is 60.1. The number of carboxylic acid groups (broad SMARTS) is 4. The van der Waals surface area contributed by atoms with Gasteiger partial charge in [0.2, 0.25) is 5.91 Å². The molecule has 0 aromatic carbocycles. The van der Waals surface area contributed by atoms with Crippen LogP contribution in [0, 0.1) is 0 Å². The standard InChI is InChI=1S/C18H32N4O9/c1-18(2,3)19-13(23)8-20(4-6-21(9-14(24)25)10-15(26)27)5-7-22(11-16(28)29)12-17(30)31/h4-12H2,1-3H3,(H,19,23)(H,24,25)(H,26,27)(H,28,29)(H,30,31). The zero-order valence-corrected chi connectivity index (χ0v) is 18.0. The van der Waals surface area contributed by atoms with E-state index in [0.717, 1.165) is 0 Å². The van der Waals surface area contributed by atoms with Crippen molar-refractivity contribution < 1.29 is 44.4 Å². The van der Waals surface area contributed by atoms with E-state index in [9.17, 15) is 24.0 Å². The number of nitrogens with one attached hydrogen (secondary N) is 1. The highest BCUT2D eigenvalue weighted by Gasteiger charge is 2.21. The van der Waals surface area contributed by atoms with Crippen LogP contribution >= 0.6 is 0 Å². The van der Waals surface area contributed by atoms with Crippen molar-refractivity contribution in [2.45, 2.75) is 26.3 Å². The van der Waals surface area contributed by atoms with Crippen molar-refractivity contribution in [3.8, 4) is 0 Å². The minimum absolute atomic E-state index is 0.0270. The van der Waals surface area contributed by atoms with Gasteiger partial charge in [-0.05, 0) is 20.8 Å². The van der Waals surface area contributed by atoms with Gasteiger partial charge in [0.15, 0.2) is 0 Å². The minimum atomic E-state index is -1.20. The lowest BCUT2D eigenvalue weighted by atomic mass is 10.1. The van der Waals surface area contributed by atoms with Gasteiger partial charge in [-0.1, -0.05) is 0 Å². The first-order valence-corrected chi connectivity index (χ1v) is 9.53. The Labute approximate surface area is 180 Å². The van der Waals surface area contributed by atoms with Gasteiger partial charge in [-0.25, -0.2) is 0 Å². The zero-order chi connectivity index (χ0) is 24.2. The van der Waals surface area contributed by atoms with Crippen LogP contribution in [-0.4, -0.2) is 129 Å². The van der Waals surface area contributed by atoms with Crippen molar-refractivity contribution in [2.24, 2.45) is 0 Å². The summed E-state index contributed by atoms with van der Waals surface area (Å²) >= 11 is 0. The Morgan fingerprint density at radius 3 is 1.13 bits per heavy atom. The molecule has 0 rings (SSSR count). The van der Waals surface area contributed by atoms with Gasteiger partial charge in [0.1, 0.15) is 0 Å². The van der Waals surface area contributed by atoms with Crippen LogP contribution in [0.5, 0.6) is 0 Å². The molecule has 13 nitrogen and oxygen atoms in total. The SMILES string of the molecule is CC(C)(C)NC(=O)CN(CCN(CC(=O)O)CC(=O)O)CCN(CC(=O)O)CC(=O)O. The summed E-state index contributed by atoms with van der Waals surface area (Å²) in [6.07, 6.45) is 0. The summed E-state index contributed by atoms with van der Waals surface area (Å²) in [5.74, 6) is -5.14. The first-order valence-electron chi connectivity index (χ1n) is 9.53. The first kappa shape index (κ1) is 28.2. The maximum Gasteiger partial charge on any atom is 0.317 e. The van der Waals surface area contributed by atoms with E-state index >= 15 is 0 Å². The number of amides is 1. The summed E-state index contributed by atoms with van der Waals surface area (Å²) in [6.45, 7) is 3.54. The summed E-state index contributed by atoms with van der Waals surface area (Å²) in [7, 11) is 0. The molecule has 0 atom stereocenters. The molecule has 0 heterocycles. The highest BCUT2D eigenvalue weighted by atomic mass is 16.4. The van der Waals surface area contributed by atoms with Gasteiger partial charge in [-0.15, -0.1) is 0 Å². The van der Waals surface area contributed by atoms with E-state index in [0.29, 0.717) is 0 Å². The topological polar surface area (TPSA) is 188 Å². The molecule has 1 amide bonds. The number of hydrogen-bond donors (Lipinski definition) is 5. The number of nitrogens with zero attached hydrogens (tertiary/aromatic N) is 3. The van der Waals surface area contributed by atoms with Gasteiger partial charge < -0.3 is 25.7 Å². The fraction of sp³-hybridized carbons (Fsp3) is 0.722. The Hall–Kier alpha value is -2.77. The second-order valence-corrected chi connectivity index (χ2v) is 8.07. The molecule has 0 saturated carbocycles. The van der Waals surface area contributed by atoms with Crippen molar-refractivity contribution in [3.05, 3.63) is 0 Å². The fourth-order valence-electron chi connectivity index (χ4n) is 2.69. The summed E-state index contributed by atoms with van der Waals surface area (Å²) in [5.41, 5.74) is -0.500. The van der Waals surface area contributed by atoms with Crippen LogP contribution in [0.15, 0.2) is 0 Å². The molecule has 0 aromatic heterocycles. The van der Waals surface area contributed by atoms with E-state index in [1.54, 1.807) is 25.7 Å². The molecule has 31 heavy (non-hydrogen) atoms. The average molecular weight is 448 g/mol. The number of carbonyl (C=O) groups excluding carboxylic acids is 1. The molecule has 0 aliphatic heterocycles. The molecule has 0 unspecified atom stereocenters. The molecule has 178 valence electrons. The summed E-state index contributed by atoms with van der Waals surface area (Å²) in [5, 5.41) is 38.6. The zero-order valence-electron chi connectivity index (χ0n) is 18.0. The van der Waals surface area contributed by atoms with E-state index < -0.39 is 55.6 Å². The second-order valence-electron chi connectivity index (χ2n) is 8.07. The minimum Gasteiger partial charge on any atom is -0.480 e. The largest absolute Gasteiger partial charge is 0.480 e. The third-order valence-corrected chi connectivity index (χ3v) is 3.78. The number of rotatable bonds is 16. The first-order chi connectivity index (χ1) is 14.2. The number of aliphatic carboxylic acids is 4. The van der Waals surface area contributed by atoms with Gasteiger partial charge in [0, 0.05) is 31.7 Å². The van der Waals surface area contributed by atoms with Gasteiger partial charge in [-0.3, -0.25) is 38.7 Å². The summed E-state index contributed by atoms with van der Waals surface area (Å²) < 4.78 is 0. The Bertz CT molecular complexity index is 576. The van der Waals surface area contributed by atoms with Gasteiger partial charge in [0.25, 0.3) is 0 Å². The van der Waals surface area contributed by atoms with Gasteiger partial charge in [0.05, 0.1) is 32.7 Å².